The second kappa shape index (κ2) is 5.80. The molecule has 5 atom stereocenters. The van der Waals surface area contributed by atoms with Gasteiger partial charge in [0.2, 0.25) is 11.6 Å². The molecule has 1 fully saturated rings. The second-order valence-corrected chi connectivity index (χ2v) is 5.19. The van der Waals surface area contributed by atoms with Crippen LogP contribution in [0.4, 0.5) is 0 Å². The van der Waals surface area contributed by atoms with Gasteiger partial charge in [-0.1, -0.05) is 24.3 Å². The Bertz CT molecular complexity index is 534. The summed E-state index contributed by atoms with van der Waals surface area (Å²) in [5, 5.41) is 39.2. The van der Waals surface area contributed by atoms with E-state index in [9.17, 15) is 20.1 Å². The lowest BCUT2D eigenvalue weighted by atomic mass is 9.85. The topological polar surface area (TPSA) is 133 Å². The van der Waals surface area contributed by atoms with Gasteiger partial charge in [0.05, 0.1) is 12.6 Å². The Balaban J connectivity index is 2.40. The molecule has 1 aromatic rings. The van der Waals surface area contributed by atoms with Crippen molar-refractivity contribution in [2.45, 2.75) is 37.1 Å². The number of aliphatic hydroxyl groups is 4. The third-order valence-electron chi connectivity index (χ3n) is 3.78. The van der Waals surface area contributed by atoms with Crippen LogP contribution in [0.15, 0.2) is 24.3 Å². The fourth-order valence-corrected chi connectivity index (χ4v) is 2.41. The number of hydrogen-bond donors (Lipinski definition) is 5. The molecule has 6 N–H and O–H groups in total. The average Bonchev–Trinajstić information content (AvgIpc) is 2.48. The molecule has 1 aromatic carbocycles. The minimum atomic E-state index is -2.52. The van der Waals surface area contributed by atoms with E-state index >= 15 is 0 Å². The minimum absolute atomic E-state index is 0.190. The van der Waals surface area contributed by atoms with Crippen molar-refractivity contribution in [3.05, 3.63) is 35.4 Å². The van der Waals surface area contributed by atoms with E-state index in [0.717, 1.165) is 0 Å². The van der Waals surface area contributed by atoms with E-state index in [1.165, 1.54) is 6.07 Å². The van der Waals surface area contributed by atoms with E-state index in [4.69, 9.17) is 15.6 Å². The van der Waals surface area contributed by atoms with Gasteiger partial charge in [0, 0.05) is 5.56 Å². The molecule has 7 nitrogen and oxygen atoms in total. The van der Waals surface area contributed by atoms with Gasteiger partial charge in [-0.2, -0.15) is 0 Å². The highest BCUT2D eigenvalue weighted by Gasteiger charge is 2.56. The zero-order valence-electron chi connectivity index (χ0n) is 11.5. The van der Waals surface area contributed by atoms with Crippen LogP contribution in [-0.4, -0.2) is 63.0 Å². The first-order chi connectivity index (χ1) is 9.82. The first-order valence-corrected chi connectivity index (χ1v) is 6.56. The molecule has 0 radical (unpaired) electrons. The molecule has 1 saturated heterocycles. The average molecular weight is 297 g/mol. The van der Waals surface area contributed by atoms with Gasteiger partial charge >= 0.3 is 0 Å². The maximum atomic E-state index is 12.5. The number of benzene rings is 1. The van der Waals surface area contributed by atoms with Crippen molar-refractivity contribution < 1.29 is 30.0 Å². The molecule has 7 heteroatoms. The fourth-order valence-electron chi connectivity index (χ4n) is 2.41. The molecule has 0 amide bonds. The summed E-state index contributed by atoms with van der Waals surface area (Å²) in [7, 11) is 0. The zero-order valence-corrected chi connectivity index (χ0v) is 11.5. The van der Waals surface area contributed by atoms with Crippen LogP contribution in [0.3, 0.4) is 0 Å². The Hall–Kier alpha value is -1.35. The number of Topliss-reactive ketones (excluding diaryl/α,β-unsaturated/α-hetero) is 1. The number of rotatable bonds is 3. The maximum Gasteiger partial charge on any atom is 0.250 e. The molecule has 0 bridgehead atoms. The lowest BCUT2D eigenvalue weighted by Gasteiger charge is -2.45. The number of aliphatic hydroxyl groups excluding tert-OH is 3. The summed E-state index contributed by atoms with van der Waals surface area (Å²) in [6.45, 7) is 1.01. The summed E-state index contributed by atoms with van der Waals surface area (Å²) in [4.78, 5) is 12.5. The monoisotopic (exact) mass is 297 g/mol. The summed E-state index contributed by atoms with van der Waals surface area (Å²) in [5.74, 6) is -3.34. The van der Waals surface area contributed by atoms with Crippen molar-refractivity contribution >= 4 is 5.78 Å². The Kier molecular flexibility index (Phi) is 4.43. The third-order valence-corrected chi connectivity index (χ3v) is 3.78. The van der Waals surface area contributed by atoms with E-state index in [1.807, 2.05) is 0 Å². The maximum absolute atomic E-state index is 12.5. The molecule has 0 aromatic heterocycles. The largest absolute Gasteiger partial charge is 0.394 e. The number of ketones is 1. The summed E-state index contributed by atoms with van der Waals surface area (Å²) < 4.78 is 5.11. The molecular weight excluding hydrogens is 278 g/mol. The molecule has 0 saturated carbocycles. The van der Waals surface area contributed by atoms with Gasteiger partial charge in [0.25, 0.3) is 0 Å². The van der Waals surface area contributed by atoms with Gasteiger partial charge in [0.1, 0.15) is 18.3 Å². The van der Waals surface area contributed by atoms with E-state index in [1.54, 1.807) is 25.1 Å². The van der Waals surface area contributed by atoms with Crippen LogP contribution in [0.25, 0.3) is 0 Å². The number of nitrogens with two attached hydrogens (primary N) is 1. The van der Waals surface area contributed by atoms with Gasteiger partial charge in [-0.25, -0.2) is 0 Å². The molecule has 21 heavy (non-hydrogen) atoms. The van der Waals surface area contributed by atoms with E-state index in [2.05, 4.69) is 0 Å². The molecule has 0 spiro atoms. The Morgan fingerprint density at radius 1 is 1.33 bits per heavy atom. The van der Waals surface area contributed by atoms with Crippen molar-refractivity contribution in [3.63, 3.8) is 0 Å². The van der Waals surface area contributed by atoms with Crippen LogP contribution in [0.1, 0.15) is 15.9 Å². The standard InChI is InChI=1S/C14H19NO6/c1-7-4-2-3-5-8(7)13(19)14(20)12(15)11(18)10(17)9(6-16)21-14/h2-5,9-12,16-18,20H,6,15H2,1H3/t9-,10-,11+,12-,14?/m1/s1. The number of hydrogen-bond acceptors (Lipinski definition) is 7. The smallest absolute Gasteiger partial charge is 0.250 e. The molecular formula is C14H19NO6. The quantitative estimate of drug-likeness (QED) is 0.420. The third kappa shape index (κ3) is 2.59. The summed E-state index contributed by atoms with van der Waals surface area (Å²) >= 11 is 0. The molecule has 1 unspecified atom stereocenters. The second-order valence-electron chi connectivity index (χ2n) is 5.19. The van der Waals surface area contributed by atoms with Crippen molar-refractivity contribution in [2.24, 2.45) is 5.73 Å². The lowest BCUT2D eigenvalue weighted by Crippen LogP contribution is -2.71. The van der Waals surface area contributed by atoms with Crippen LogP contribution < -0.4 is 5.73 Å². The number of ether oxygens (including phenoxy) is 1. The van der Waals surface area contributed by atoms with Crippen molar-refractivity contribution in [3.8, 4) is 0 Å². The van der Waals surface area contributed by atoms with Gasteiger partial charge in [-0.05, 0) is 12.5 Å². The summed E-state index contributed by atoms with van der Waals surface area (Å²) in [5.41, 5.74) is 6.46. The Morgan fingerprint density at radius 3 is 2.52 bits per heavy atom. The lowest BCUT2D eigenvalue weighted by molar-refractivity contribution is -0.286. The molecule has 2 rings (SSSR count). The number of carbonyl (C=O) groups excluding carboxylic acids is 1. The highest BCUT2D eigenvalue weighted by Crippen LogP contribution is 2.30. The summed E-state index contributed by atoms with van der Waals surface area (Å²) in [6.07, 6.45) is -4.40. The van der Waals surface area contributed by atoms with Gasteiger partial charge < -0.3 is 30.9 Å². The van der Waals surface area contributed by atoms with Crippen molar-refractivity contribution in [1.29, 1.82) is 0 Å². The molecule has 116 valence electrons. The van der Waals surface area contributed by atoms with E-state index < -0.39 is 42.5 Å². The van der Waals surface area contributed by atoms with Crippen LogP contribution in [0.5, 0.6) is 0 Å². The molecule has 1 heterocycles. The normalized spacial score (nSPS) is 36.5. The van der Waals surface area contributed by atoms with Gasteiger partial charge in [0.15, 0.2) is 0 Å². The van der Waals surface area contributed by atoms with Gasteiger partial charge in [-0.15, -0.1) is 0 Å². The Morgan fingerprint density at radius 2 is 1.95 bits per heavy atom. The zero-order chi connectivity index (χ0) is 15.8. The Labute approximate surface area is 121 Å². The van der Waals surface area contributed by atoms with Crippen LogP contribution in [0, 0.1) is 6.92 Å². The molecule has 1 aliphatic rings. The fraction of sp³-hybridized carbons (Fsp3) is 0.500. The first-order valence-electron chi connectivity index (χ1n) is 6.56. The van der Waals surface area contributed by atoms with Crippen molar-refractivity contribution in [1.82, 2.24) is 0 Å². The summed E-state index contributed by atoms with van der Waals surface area (Å²) in [6, 6.07) is 4.98. The van der Waals surface area contributed by atoms with Crippen LogP contribution in [-0.2, 0) is 4.74 Å². The highest BCUT2D eigenvalue weighted by atomic mass is 16.7. The predicted octanol–water partition coefficient (Wildman–Crippen LogP) is -1.69. The molecule has 0 aliphatic carbocycles. The number of aryl methyl sites for hydroxylation is 1. The number of carbonyl (C=O) groups is 1. The molecule has 1 aliphatic heterocycles. The highest BCUT2D eigenvalue weighted by molar-refractivity contribution is 6.03. The van der Waals surface area contributed by atoms with Crippen molar-refractivity contribution in [2.75, 3.05) is 6.61 Å². The van der Waals surface area contributed by atoms with Crippen LogP contribution in [0.2, 0.25) is 0 Å². The van der Waals surface area contributed by atoms with Crippen LogP contribution >= 0.6 is 0 Å². The SMILES string of the molecule is Cc1ccccc1C(=O)C1(O)O[C@H](CO)[C@@H](O)[C@H](O)[C@H]1N. The first kappa shape index (κ1) is 16.0. The minimum Gasteiger partial charge on any atom is -0.394 e. The van der Waals surface area contributed by atoms with Gasteiger partial charge in [-0.3, -0.25) is 4.79 Å². The predicted molar refractivity (Wildman–Crippen MR) is 72.4 cm³/mol. The van der Waals surface area contributed by atoms with E-state index in [-0.39, 0.29) is 5.56 Å². The van der Waals surface area contributed by atoms with E-state index in [0.29, 0.717) is 5.56 Å².